The summed E-state index contributed by atoms with van der Waals surface area (Å²) in [5.74, 6) is -1.04. The average molecular weight is 495 g/mol. The Balaban J connectivity index is 1.81. The number of anilines is 2. The van der Waals surface area contributed by atoms with Crippen molar-refractivity contribution >= 4 is 38.6 Å². The lowest BCUT2D eigenvalue weighted by molar-refractivity contribution is 0.102. The third-order valence-electron chi connectivity index (χ3n) is 5.45. The van der Waals surface area contributed by atoms with E-state index in [1.807, 2.05) is 19.1 Å². The Labute approximate surface area is 202 Å². The molecule has 0 saturated heterocycles. The minimum atomic E-state index is -4.16. The van der Waals surface area contributed by atoms with Crippen LogP contribution in [0.25, 0.3) is 11.1 Å². The standard InChI is InChI=1S/C26H23FN2O3S2/c1-3-18-12-14-21(15-13-18)28-26(30)24-25(23(17-33-24)19-8-7-9-20(27)16-19)34(31,32)29(2)22-10-5-4-6-11-22/h4-17H,3H2,1-2H3,(H,28,30). The maximum Gasteiger partial charge on any atom is 0.267 e. The molecule has 1 amide bonds. The molecule has 3 aromatic carbocycles. The molecule has 0 aliphatic carbocycles. The fourth-order valence-electron chi connectivity index (χ4n) is 3.54. The zero-order valence-corrected chi connectivity index (χ0v) is 20.3. The molecule has 0 aliphatic heterocycles. The van der Waals surface area contributed by atoms with Crippen LogP contribution in [0.5, 0.6) is 0 Å². The second-order valence-electron chi connectivity index (χ2n) is 7.63. The molecule has 1 aromatic heterocycles. The average Bonchev–Trinajstić information content (AvgIpc) is 3.31. The van der Waals surface area contributed by atoms with Gasteiger partial charge in [0.25, 0.3) is 15.9 Å². The van der Waals surface area contributed by atoms with Gasteiger partial charge in [-0.15, -0.1) is 11.3 Å². The van der Waals surface area contributed by atoms with E-state index < -0.39 is 21.7 Å². The highest BCUT2D eigenvalue weighted by molar-refractivity contribution is 7.93. The number of rotatable bonds is 7. The van der Waals surface area contributed by atoms with Gasteiger partial charge in [-0.25, -0.2) is 12.8 Å². The number of aryl methyl sites for hydroxylation is 1. The third-order valence-corrected chi connectivity index (χ3v) is 8.43. The van der Waals surface area contributed by atoms with Gasteiger partial charge in [0.2, 0.25) is 0 Å². The Kier molecular flexibility index (Phi) is 6.81. The number of carbonyl (C=O) groups excluding carboxylic acids is 1. The Bertz CT molecular complexity index is 1420. The van der Waals surface area contributed by atoms with Gasteiger partial charge in [0.15, 0.2) is 0 Å². The maximum atomic E-state index is 14.0. The number of sulfonamides is 1. The van der Waals surface area contributed by atoms with E-state index in [2.05, 4.69) is 5.32 Å². The molecule has 1 heterocycles. The number of benzene rings is 3. The van der Waals surface area contributed by atoms with Crippen molar-refractivity contribution in [1.82, 2.24) is 0 Å². The van der Waals surface area contributed by atoms with Crippen LogP contribution < -0.4 is 9.62 Å². The van der Waals surface area contributed by atoms with Crippen LogP contribution in [0.2, 0.25) is 0 Å². The van der Waals surface area contributed by atoms with Crippen LogP contribution in [0.4, 0.5) is 15.8 Å². The van der Waals surface area contributed by atoms with Crippen molar-refractivity contribution in [2.45, 2.75) is 18.2 Å². The van der Waals surface area contributed by atoms with Crippen LogP contribution in [0, 0.1) is 5.82 Å². The molecule has 0 bridgehead atoms. The molecule has 0 radical (unpaired) electrons. The number of nitrogens with one attached hydrogen (secondary N) is 1. The van der Waals surface area contributed by atoms with Gasteiger partial charge in [-0.2, -0.15) is 0 Å². The van der Waals surface area contributed by atoms with E-state index in [1.54, 1.807) is 53.9 Å². The molecule has 4 rings (SSSR count). The molecule has 4 aromatic rings. The summed E-state index contributed by atoms with van der Waals surface area (Å²) >= 11 is 1.01. The minimum absolute atomic E-state index is 0.0293. The monoisotopic (exact) mass is 494 g/mol. The molecule has 34 heavy (non-hydrogen) atoms. The summed E-state index contributed by atoms with van der Waals surface area (Å²) < 4.78 is 42.7. The summed E-state index contributed by atoms with van der Waals surface area (Å²) in [4.78, 5) is 13.1. The summed E-state index contributed by atoms with van der Waals surface area (Å²) in [5.41, 5.74) is 2.78. The van der Waals surface area contributed by atoms with Crippen LogP contribution in [-0.4, -0.2) is 21.4 Å². The van der Waals surface area contributed by atoms with E-state index in [1.165, 1.54) is 25.2 Å². The molecule has 0 atom stereocenters. The summed E-state index contributed by atoms with van der Waals surface area (Å²) in [6.45, 7) is 2.04. The molecular formula is C26H23FN2O3S2. The van der Waals surface area contributed by atoms with Gasteiger partial charge in [0.05, 0.1) is 5.69 Å². The maximum absolute atomic E-state index is 14.0. The van der Waals surface area contributed by atoms with Crippen molar-refractivity contribution < 1.29 is 17.6 Å². The van der Waals surface area contributed by atoms with Crippen molar-refractivity contribution in [2.24, 2.45) is 0 Å². The van der Waals surface area contributed by atoms with Crippen LogP contribution in [0.1, 0.15) is 22.2 Å². The molecule has 1 N–H and O–H groups in total. The predicted molar refractivity (Wildman–Crippen MR) is 136 cm³/mol. The van der Waals surface area contributed by atoms with Crippen molar-refractivity contribution in [3.8, 4) is 11.1 Å². The fourth-order valence-corrected chi connectivity index (χ4v) is 6.39. The molecule has 0 aliphatic rings. The van der Waals surface area contributed by atoms with Crippen molar-refractivity contribution in [2.75, 3.05) is 16.7 Å². The van der Waals surface area contributed by atoms with Crippen LogP contribution in [0.3, 0.4) is 0 Å². The lowest BCUT2D eigenvalue weighted by Crippen LogP contribution is -2.28. The molecule has 0 fully saturated rings. The smallest absolute Gasteiger partial charge is 0.267 e. The molecule has 0 spiro atoms. The summed E-state index contributed by atoms with van der Waals surface area (Å²) in [6.07, 6.45) is 0.865. The lowest BCUT2D eigenvalue weighted by Gasteiger charge is -2.21. The summed E-state index contributed by atoms with van der Waals surface area (Å²) in [7, 11) is -2.73. The molecule has 174 valence electrons. The van der Waals surface area contributed by atoms with E-state index >= 15 is 0 Å². The first-order valence-electron chi connectivity index (χ1n) is 10.6. The van der Waals surface area contributed by atoms with E-state index in [-0.39, 0.29) is 15.3 Å². The van der Waals surface area contributed by atoms with Gasteiger partial charge >= 0.3 is 0 Å². The number of amides is 1. The quantitative estimate of drug-likeness (QED) is 0.333. The number of halogens is 1. The van der Waals surface area contributed by atoms with Gasteiger partial charge in [-0.3, -0.25) is 9.10 Å². The van der Waals surface area contributed by atoms with Crippen LogP contribution >= 0.6 is 11.3 Å². The lowest BCUT2D eigenvalue weighted by atomic mass is 10.1. The highest BCUT2D eigenvalue weighted by Crippen LogP contribution is 2.38. The van der Waals surface area contributed by atoms with Gasteiger partial charge in [0, 0.05) is 23.7 Å². The third kappa shape index (κ3) is 4.73. The number of carbonyl (C=O) groups is 1. The zero-order valence-electron chi connectivity index (χ0n) is 18.7. The Hall–Kier alpha value is -3.49. The topological polar surface area (TPSA) is 66.5 Å². The van der Waals surface area contributed by atoms with Crippen LogP contribution in [0.15, 0.2) is 89.1 Å². The Morgan fingerprint density at radius 3 is 2.35 bits per heavy atom. The summed E-state index contributed by atoms with van der Waals surface area (Å²) in [5, 5.41) is 4.37. The first-order valence-corrected chi connectivity index (χ1v) is 12.9. The Morgan fingerprint density at radius 1 is 1.00 bits per heavy atom. The molecule has 0 unspecified atom stereocenters. The number of hydrogen-bond acceptors (Lipinski definition) is 4. The van der Waals surface area contributed by atoms with Gasteiger partial charge < -0.3 is 5.32 Å². The first kappa shape index (κ1) is 23.7. The van der Waals surface area contributed by atoms with Gasteiger partial charge in [-0.05, 0) is 53.9 Å². The highest BCUT2D eigenvalue weighted by Gasteiger charge is 2.32. The Morgan fingerprint density at radius 2 is 1.71 bits per heavy atom. The number of hydrogen-bond donors (Lipinski definition) is 1. The molecular weight excluding hydrogens is 471 g/mol. The summed E-state index contributed by atoms with van der Waals surface area (Å²) in [6, 6.07) is 21.6. The minimum Gasteiger partial charge on any atom is -0.321 e. The predicted octanol–water partition coefficient (Wildman–Crippen LogP) is 6.19. The van der Waals surface area contributed by atoms with E-state index in [0.29, 0.717) is 16.9 Å². The largest absolute Gasteiger partial charge is 0.321 e. The number of nitrogens with zero attached hydrogens (tertiary/aromatic N) is 1. The van der Waals surface area contributed by atoms with Crippen molar-refractivity contribution in [3.63, 3.8) is 0 Å². The molecule has 0 saturated carbocycles. The van der Waals surface area contributed by atoms with E-state index in [4.69, 9.17) is 0 Å². The van der Waals surface area contributed by atoms with Crippen molar-refractivity contribution in [3.05, 3.63) is 101 Å². The highest BCUT2D eigenvalue weighted by atomic mass is 32.2. The normalized spacial score (nSPS) is 11.3. The van der Waals surface area contributed by atoms with Gasteiger partial charge in [0.1, 0.15) is 15.6 Å². The zero-order chi connectivity index (χ0) is 24.3. The second kappa shape index (κ2) is 9.79. The van der Waals surface area contributed by atoms with E-state index in [0.717, 1.165) is 27.6 Å². The van der Waals surface area contributed by atoms with E-state index in [9.17, 15) is 17.6 Å². The SMILES string of the molecule is CCc1ccc(NC(=O)c2scc(-c3cccc(F)c3)c2S(=O)(=O)N(C)c2ccccc2)cc1. The fraction of sp³-hybridized carbons (Fsp3) is 0.115. The molecule has 8 heteroatoms. The van der Waals surface area contributed by atoms with Crippen LogP contribution in [-0.2, 0) is 16.4 Å². The molecule has 5 nitrogen and oxygen atoms in total. The number of para-hydroxylation sites is 1. The van der Waals surface area contributed by atoms with Gasteiger partial charge in [-0.1, -0.05) is 49.4 Å². The first-order chi connectivity index (χ1) is 16.3. The number of thiophene rings is 1. The second-order valence-corrected chi connectivity index (χ2v) is 10.4. The van der Waals surface area contributed by atoms with Crippen molar-refractivity contribution in [1.29, 1.82) is 0 Å².